The Kier molecular flexibility index (Phi) is 5.48. The summed E-state index contributed by atoms with van der Waals surface area (Å²) in [7, 11) is 0. The van der Waals surface area contributed by atoms with Gasteiger partial charge in [0.15, 0.2) is 0 Å². The van der Waals surface area contributed by atoms with Gasteiger partial charge in [0.2, 0.25) is 5.91 Å². The van der Waals surface area contributed by atoms with Crippen LogP contribution >= 0.6 is 11.6 Å². The Balaban J connectivity index is 1.59. The van der Waals surface area contributed by atoms with Crippen LogP contribution in [-0.2, 0) is 11.3 Å². The number of halogens is 2. The molecule has 3 nitrogen and oxygen atoms in total. The Hall–Kier alpha value is -1.91. The molecule has 24 heavy (non-hydrogen) atoms. The van der Waals surface area contributed by atoms with Crippen LogP contribution in [0.5, 0.6) is 0 Å². The fourth-order valence-electron chi connectivity index (χ4n) is 3.06. The molecule has 0 unspecified atom stereocenters. The van der Waals surface area contributed by atoms with Crippen LogP contribution in [0.1, 0.15) is 18.4 Å². The summed E-state index contributed by atoms with van der Waals surface area (Å²) in [6, 6.07) is 13.8. The van der Waals surface area contributed by atoms with Crippen LogP contribution in [0, 0.1) is 11.7 Å². The Morgan fingerprint density at radius 3 is 2.71 bits per heavy atom. The predicted molar refractivity (Wildman–Crippen MR) is 94.5 cm³/mol. The van der Waals surface area contributed by atoms with Gasteiger partial charge in [0.05, 0.1) is 16.6 Å². The van der Waals surface area contributed by atoms with Crippen molar-refractivity contribution in [1.29, 1.82) is 0 Å². The van der Waals surface area contributed by atoms with Gasteiger partial charge in [0.1, 0.15) is 5.82 Å². The van der Waals surface area contributed by atoms with Crippen LogP contribution < -0.4 is 5.32 Å². The third-order valence-electron chi connectivity index (χ3n) is 4.33. The van der Waals surface area contributed by atoms with E-state index in [1.54, 1.807) is 24.3 Å². The number of piperidine rings is 1. The number of likely N-dealkylation sites (tertiary alicyclic amines) is 1. The van der Waals surface area contributed by atoms with Crippen molar-refractivity contribution in [3.8, 4) is 0 Å². The molecule has 0 aromatic heterocycles. The standard InChI is InChI=1S/C19H20ClFN2O/c20-17-5-1-2-6-18(17)22-19(24)15-4-3-11-23(13-15)12-14-7-9-16(21)10-8-14/h1-2,5-10,15H,3-4,11-13H2,(H,22,24)/t15-/m1/s1. The minimum absolute atomic E-state index is 0.00639. The molecule has 1 amide bonds. The summed E-state index contributed by atoms with van der Waals surface area (Å²) in [5, 5.41) is 3.47. The largest absolute Gasteiger partial charge is 0.324 e. The van der Waals surface area contributed by atoms with E-state index in [4.69, 9.17) is 11.6 Å². The number of rotatable bonds is 4. The number of carbonyl (C=O) groups excluding carboxylic acids is 1. The van der Waals surface area contributed by atoms with Gasteiger partial charge < -0.3 is 5.32 Å². The summed E-state index contributed by atoms with van der Waals surface area (Å²) < 4.78 is 13.0. The van der Waals surface area contributed by atoms with Crippen LogP contribution in [0.2, 0.25) is 5.02 Å². The quantitative estimate of drug-likeness (QED) is 0.893. The Labute approximate surface area is 146 Å². The van der Waals surface area contributed by atoms with E-state index in [0.29, 0.717) is 17.3 Å². The number of carbonyl (C=O) groups is 1. The smallest absolute Gasteiger partial charge is 0.228 e. The first kappa shape index (κ1) is 16.9. The summed E-state index contributed by atoms with van der Waals surface area (Å²) >= 11 is 6.10. The lowest BCUT2D eigenvalue weighted by atomic mass is 9.96. The molecule has 0 aliphatic carbocycles. The van der Waals surface area contributed by atoms with E-state index in [2.05, 4.69) is 10.2 Å². The highest BCUT2D eigenvalue weighted by Gasteiger charge is 2.26. The van der Waals surface area contributed by atoms with Crippen molar-refractivity contribution < 1.29 is 9.18 Å². The van der Waals surface area contributed by atoms with Gasteiger partial charge in [-0.25, -0.2) is 4.39 Å². The zero-order valence-corrected chi connectivity index (χ0v) is 14.1. The maximum absolute atomic E-state index is 13.0. The third kappa shape index (κ3) is 4.34. The molecule has 1 N–H and O–H groups in total. The minimum atomic E-state index is -0.227. The zero-order valence-electron chi connectivity index (χ0n) is 13.3. The topological polar surface area (TPSA) is 32.3 Å². The molecular formula is C19H20ClFN2O. The Bertz CT molecular complexity index is 705. The molecule has 3 rings (SSSR count). The number of nitrogens with zero attached hydrogens (tertiary/aromatic N) is 1. The van der Waals surface area contributed by atoms with Gasteiger partial charge in [-0.1, -0.05) is 35.9 Å². The van der Waals surface area contributed by atoms with E-state index in [1.165, 1.54) is 12.1 Å². The van der Waals surface area contributed by atoms with Crippen molar-refractivity contribution >= 4 is 23.2 Å². The monoisotopic (exact) mass is 346 g/mol. The van der Waals surface area contributed by atoms with Crippen molar-refractivity contribution in [3.63, 3.8) is 0 Å². The number of para-hydroxylation sites is 1. The second kappa shape index (κ2) is 7.77. The lowest BCUT2D eigenvalue weighted by molar-refractivity contribution is -0.121. The molecule has 1 atom stereocenters. The number of nitrogens with one attached hydrogen (secondary N) is 1. The fraction of sp³-hybridized carbons (Fsp3) is 0.316. The van der Waals surface area contributed by atoms with Gasteiger partial charge >= 0.3 is 0 Å². The molecule has 0 bridgehead atoms. The van der Waals surface area contributed by atoms with E-state index in [1.807, 2.05) is 12.1 Å². The predicted octanol–water partition coefficient (Wildman–Crippen LogP) is 4.33. The summed E-state index contributed by atoms with van der Waals surface area (Å²) in [5.74, 6) is -0.281. The minimum Gasteiger partial charge on any atom is -0.324 e. The van der Waals surface area contributed by atoms with E-state index in [0.717, 1.165) is 31.5 Å². The van der Waals surface area contributed by atoms with Crippen LogP contribution in [0.4, 0.5) is 10.1 Å². The van der Waals surface area contributed by atoms with Crippen molar-refractivity contribution in [3.05, 3.63) is 64.9 Å². The number of amides is 1. The molecule has 2 aromatic rings. The van der Waals surface area contributed by atoms with Crippen LogP contribution in [0.15, 0.2) is 48.5 Å². The van der Waals surface area contributed by atoms with Gasteiger partial charge in [0, 0.05) is 13.1 Å². The molecule has 1 heterocycles. The molecule has 1 aliphatic heterocycles. The molecule has 0 radical (unpaired) electrons. The summed E-state index contributed by atoms with van der Waals surface area (Å²) in [5.41, 5.74) is 1.71. The average Bonchev–Trinajstić information content (AvgIpc) is 2.59. The molecule has 5 heteroatoms. The third-order valence-corrected chi connectivity index (χ3v) is 4.66. The molecule has 1 fully saturated rings. The first-order valence-corrected chi connectivity index (χ1v) is 8.52. The fourth-order valence-corrected chi connectivity index (χ4v) is 3.24. The first-order valence-electron chi connectivity index (χ1n) is 8.14. The van der Waals surface area contributed by atoms with Gasteiger partial charge in [-0.15, -0.1) is 0 Å². The highest BCUT2D eigenvalue weighted by Crippen LogP contribution is 2.24. The maximum atomic E-state index is 13.0. The number of benzene rings is 2. The number of anilines is 1. The first-order chi connectivity index (χ1) is 11.6. The number of hydrogen-bond acceptors (Lipinski definition) is 2. The maximum Gasteiger partial charge on any atom is 0.228 e. The normalized spacial score (nSPS) is 18.3. The molecule has 1 aliphatic rings. The van der Waals surface area contributed by atoms with Gasteiger partial charge in [-0.05, 0) is 49.2 Å². The van der Waals surface area contributed by atoms with Crippen LogP contribution in [-0.4, -0.2) is 23.9 Å². The molecule has 126 valence electrons. The second-order valence-corrected chi connectivity index (χ2v) is 6.58. The highest BCUT2D eigenvalue weighted by molar-refractivity contribution is 6.33. The van der Waals surface area contributed by atoms with E-state index < -0.39 is 0 Å². The second-order valence-electron chi connectivity index (χ2n) is 6.17. The van der Waals surface area contributed by atoms with E-state index >= 15 is 0 Å². The molecule has 0 spiro atoms. The Morgan fingerprint density at radius 2 is 1.96 bits per heavy atom. The summed E-state index contributed by atoms with van der Waals surface area (Å²) in [4.78, 5) is 14.8. The lowest BCUT2D eigenvalue weighted by Crippen LogP contribution is -2.40. The molecule has 0 saturated carbocycles. The SMILES string of the molecule is O=C(Nc1ccccc1Cl)[C@@H]1CCCN(Cc2ccc(F)cc2)C1. The van der Waals surface area contributed by atoms with Gasteiger partial charge in [-0.2, -0.15) is 0 Å². The molecular weight excluding hydrogens is 327 g/mol. The van der Waals surface area contributed by atoms with E-state index in [-0.39, 0.29) is 17.6 Å². The van der Waals surface area contributed by atoms with Gasteiger partial charge in [0.25, 0.3) is 0 Å². The van der Waals surface area contributed by atoms with Crippen molar-refractivity contribution in [2.75, 3.05) is 18.4 Å². The zero-order chi connectivity index (χ0) is 16.9. The summed E-state index contributed by atoms with van der Waals surface area (Å²) in [6.07, 6.45) is 1.85. The molecule has 1 saturated heterocycles. The van der Waals surface area contributed by atoms with E-state index in [9.17, 15) is 9.18 Å². The summed E-state index contributed by atoms with van der Waals surface area (Å²) in [6.45, 7) is 2.39. The number of hydrogen-bond donors (Lipinski definition) is 1. The van der Waals surface area contributed by atoms with Crippen molar-refractivity contribution in [1.82, 2.24) is 4.90 Å². The van der Waals surface area contributed by atoms with Crippen LogP contribution in [0.25, 0.3) is 0 Å². The van der Waals surface area contributed by atoms with Crippen molar-refractivity contribution in [2.45, 2.75) is 19.4 Å². The van der Waals surface area contributed by atoms with Crippen molar-refractivity contribution in [2.24, 2.45) is 5.92 Å². The lowest BCUT2D eigenvalue weighted by Gasteiger charge is -2.32. The average molecular weight is 347 g/mol. The van der Waals surface area contributed by atoms with Gasteiger partial charge in [-0.3, -0.25) is 9.69 Å². The Morgan fingerprint density at radius 1 is 1.21 bits per heavy atom. The van der Waals surface area contributed by atoms with Crippen LogP contribution in [0.3, 0.4) is 0 Å². The highest BCUT2D eigenvalue weighted by atomic mass is 35.5. The molecule has 2 aromatic carbocycles.